The Morgan fingerprint density at radius 2 is 1.84 bits per heavy atom. The second kappa shape index (κ2) is 10.2. The highest BCUT2D eigenvalue weighted by atomic mass is 15.2. The van der Waals surface area contributed by atoms with Gasteiger partial charge in [-0.25, -0.2) is 0 Å². The number of likely N-dealkylation sites (N-methyl/N-ethyl adjacent to an activating group) is 1. The van der Waals surface area contributed by atoms with Gasteiger partial charge in [0.1, 0.15) is 0 Å². The van der Waals surface area contributed by atoms with Crippen molar-refractivity contribution >= 4 is 0 Å². The third-order valence-electron chi connectivity index (χ3n) is 3.85. The fraction of sp³-hybridized carbons (Fsp3) is 0.765. The Kier molecular flexibility index (Phi) is 9.90. The van der Waals surface area contributed by atoms with Crippen molar-refractivity contribution in [2.24, 2.45) is 0 Å². The molecule has 112 valence electrons. The van der Waals surface area contributed by atoms with Crippen LogP contribution in [-0.2, 0) is 0 Å². The maximum Gasteiger partial charge on any atom is 0.0515 e. The molecule has 0 radical (unpaired) electrons. The molecule has 19 heavy (non-hydrogen) atoms. The van der Waals surface area contributed by atoms with Crippen LogP contribution in [0.4, 0.5) is 0 Å². The lowest BCUT2D eigenvalue weighted by Gasteiger charge is -2.32. The molecule has 1 aliphatic rings. The predicted octanol–water partition coefficient (Wildman–Crippen LogP) is 3.95. The van der Waals surface area contributed by atoms with Gasteiger partial charge < -0.3 is 4.90 Å². The number of nitrogens with zero attached hydrogens (tertiary/aromatic N) is 2. The molecule has 0 bridgehead atoms. The van der Waals surface area contributed by atoms with Gasteiger partial charge in [0.25, 0.3) is 0 Å². The van der Waals surface area contributed by atoms with Gasteiger partial charge in [0.15, 0.2) is 0 Å². The molecule has 1 saturated heterocycles. The Balaban J connectivity index is 0.00000154. The Morgan fingerprint density at radius 1 is 1.21 bits per heavy atom. The molecule has 1 unspecified atom stereocenters. The molecule has 1 heterocycles. The summed E-state index contributed by atoms with van der Waals surface area (Å²) >= 11 is 0. The smallest absolute Gasteiger partial charge is 0.0515 e. The van der Waals surface area contributed by atoms with Crippen molar-refractivity contribution in [3.63, 3.8) is 0 Å². The molecule has 1 fully saturated rings. The van der Waals surface area contributed by atoms with E-state index in [4.69, 9.17) is 0 Å². The molecule has 0 aliphatic carbocycles. The average molecular weight is 266 g/mol. The monoisotopic (exact) mass is 266 g/mol. The number of hydrogen-bond donors (Lipinski definition) is 0. The lowest BCUT2D eigenvalue weighted by Crippen LogP contribution is -2.39. The molecule has 0 aromatic carbocycles. The minimum Gasteiger partial charge on any atom is -0.305 e. The van der Waals surface area contributed by atoms with Crippen LogP contribution in [0.2, 0.25) is 0 Å². The highest BCUT2D eigenvalue weighted by molar-refractivity contribution is 5.22. The number of allylic oxidation sites excluding steroid dienone is 1. The molecule has 2 heteroatoms. The summed E-state index contributed by atoms with van der Waals surface area (Å²) in [6.07, 6.45) is 4.57. The minimum absolute atomic E-state index is 0.455. The fourth-order valence-electron chi connectivity index (χ4n) is 2.54. The van der Waals surface area contributed by atoms with Crippen molar-refractivity contribution in [1.82, 2.24) is 9.80 Å². The topological polar surface area (TPSA) is 6.48 Å². The summed E-state index contributed by atoms with van der Waals surface area (Å²) in [4.78, 5) is 5.03. The first kappa shape index (κ1) is 18.4. The number of rotatable bonds is 4. The van der Waals surface area contributed by atoms with Crippen molar-refractivity contribution in [2.45, 2.75) is 53.5 Å². The Morgan fingerprint density at radius 3 is 2.37 bits per heavy atom. The molecule has 1 rings (SSSR count). The second-order valence-electron chi connectivity index (χ2n) is 5.14. The maximum atomic E-state index is 4.27. The van der Waals surface area contributed by atoms with Crippen molar-refractivity contribution in [2.75, 3.05) is 33.2 Å². The number of hydrogen-bond acceptors (Lipinski definition) is 2. The molecular formula is C17H34N2. The maximum absolute atomic E-state index is 4.27. The zero-order valence-electron chi connectivity index (χ0n) is 14.0. The summed E-state index contributed by atoms with van der Waals surface area (Å²) in [5.74, 6) is 0. The van der Waals surface area contributed by atoms with Crippen LogP contribution < -0.4 is 0 Å². The average Bonchev–Trinajstić information content (AvgIpc) is 2.66. The Labute approximate surface area is 121 Å². The Bertz CT molecular complexity index is 281. The summed E-state index contributed by atoms with van der Waals surface area (Å²) in [5, 5.41) is 0. The van der Waals surface area contributed by atoms with Gasteiger partial charge >= 0.3 is 0 Å². The zero-order valence-corrected chi connectivity index (χ0v) is 14.0. The van der Waals surface area contributed by atoms with Crippen LogP contribution in [0.3, 0.4) is 0 Å². The van der Waals surface area contributed by atoms with Crippen molar-refractivity contribution in [3.8, 4) is 0 Å². The highest BCUT2D eigenvalue weighted by Gasteiger charge is 2.23. The molecule has 0 amide bonds. The van der Waals surface area contributed by atoms with Gasteiger partial charge in [0, 0.05) is 19.6 Å². The van der Waals surface area contributed by atoms with Crippen LogP contribution in [0.5, 0.6) is 0 Å². The summed E-state index contributed by atoms with van der Waals surface area (Å²) in [6, 6.07) is 0.455. The molecule has 0 N–H and O–H groups in total. The van der Waals surface area contributed by atoms with Gasteiger partial charge in [-0.2, -0.15) is 0 Å². The van der Waals surface area contributed by atoms with E-state index in [9.17, 15) is 0 Å². The third kappa shape index (κ3) is 5.92. The van der Waals surface area contributed by atoms with Gasteiger partial charge in [-0.3, -0.25) is 4.90 Å². The van der Waals surface area contributed by atoms with Crippen LogP contribution >= 0.6 is 0 Å². The van der Waals surface area contributed by atoms with E-state index in [1.54, 1.807) is 0 Å². The first-order chi connectivity index (χ1) is 9.10. The highest BCUT2D eigenvalue weighted by Crippen LogP contribution is 2.21. The van der Waals surface area contributed by atoms with Crippen molar-refractivity contribution in [1.29, 1.82) is 0 Å². The molecule has 1 aliphatic heterocycles. The molecule has 1 atom stereocenters. The van der Waals surface area contributed by atoms with Gasteiger partial charge in [-0.15, -0.1) is 0 Å². The van der Waals surface area contributed by atoms with Gasteiger partial charge in [0.05, 0.1) is 6.04 Å². The van der Waals surface area contributed by atoms with Gasteiger partial charge in [-0.1, -0.05) is 44.6 Å². The summed E-state index contributed by atoms with van der Waals surface area (Å²) in [7, 11) is 2.22. The van der Waals surface area contributed by atoms with Crippen LogP contribution in [0.15, 0.2) is 23.8 Å². The Hall–Kier alpha value is -0.600. The standard InChI is InChI=1S/C15H28N2.C2H6/c1-6-13(3)15(14(4)7-2)17-10-8-9-16(5)11-12-17;1-2/h7,15H,3,6,8-12H2,1-2,4-5H3;1-2H3/b14-7-;. The van der Waals surface area contributed by atoms with Gasteiger partial charge in [-0.05, 0) is 40.3 Å². The van der Waals surface area contributed by atoms with Crippen LogP contribution in [0.1, 0.15) is 47.5 Å². The first-order valence-corrected chi connectivity index (χ1v) is 7.83. The summed E-state index contributed by atoms with van der Waals surface area (Å²) < 4.78 is 0. The first-order valence-electron chi connectivity index (χ1n) is 7.83. The predicted molar refractivity (Wildman–Crippen MR) is 87.7 cm³/mol. The molecular weight excluding hydrogens is 232 g/mol. The van der Waals surface area contributed by atoms with E-state index in [2.05, 4.69) is 50.3 Å². The minimum atomic E-state index is 0.455. The molecule has 0 spiro atoms. The SMILES string of the molecule is C=C(CC)C(/C(C)=C\C)N1CCCN(C)CC1.CC. The normalized spacial score (nSPS) is 20.2. The van der Waals surface area contributed by atoms with E-state index in [-0.39, 0.29) is 0 Å². The zero-order chi connectivity index (χ0) is 14.8. The van der Waals surface area contributed by atoms with Crippen LogP contribution in [0, 0.1) is 0 Å². The quantitative estimate of drug-likeness (QED) is 0.711. The largest absolute Gasteiger partial charge is 0.305 e. The van der Waals surface area contributed by atoms with Crippen molar-refractivity contribution in [3.05, 3.63) is 23.8 Å². The van der Waals surface area contributed by atoms with E-state index in [0.29, 0.717) is 6.04 Å². The summed E-state index contributed by atoms with van der Waals surface area (Å²) in [6.45, 7) is 19.6. The lowest BCUT2D eigenvalue weighted by molar-refractivity contribution is 0.246. The third-order valence-corrected chi connectivity index (χ3v) is 3.85. The van der Waals surface area contributed by atoms with Crippen LogP contribution in [0.25, 0.3) is 0 Å². The molecule has 2 nitrogen and oxygen atoms in total. The van der Waals surface area contributed by atoms with Crippen LogP contribution in [-0.4, -0.2) is 49.1 Å². The van der Waals surface area contributed by atoms with Gasteiger partial charge in [0.2, 0.25) is 0 Å². The van der Waals surface area contributed by atoms with E-state index in [1.165, 1.54) is 37.2 Å². The lowest BCUT2D eigenvalue weighted by atomic mass is 9.97. The fourth-order valence-corrected chi connectivity index (χ4v) is 2.54. The summed E-state index contributed by atoms with van der Waals surface area (Å²) in [5.41, 5.74) is 2.80. The second-order valence-corrected chi connectivity index (χ2v) is 5.14. The van der Waals surface area contributed by atoms with E-state index >= 15 is 0 Å². The molecule has 0 aromatic heterocycles. The molecule has 0 saturated carbocycles. The van der Waals surface area contributed by atoms with Crippen molar-refractivity contribution < 1.29 is 0 Å². The molecule has 0 aromatic rings. The van der Waals surface area contributed by atoms with E-state index < -0.39 is 0 Å². The van der Waals surface area contributed by atoms with E-state index in [1.807, 2.05) is 13.8 Å². The van der Waals surface area contributed by atoms with E-state index in [0.717, 1.165) is 13.0 Å².